The highest BCUT2D eigenvalue weighted by molar-refractivity contribution is 7.92. The third kappa shape index (κ3) is 5.23. The molecule has 3 aromatic carbocycles. The van der Waals surface area contributed by atoms with Crippen LogP contribution in [0.3, 0.4) is 0 Å². The molecule has 2 N–H and O–H groups in total. The van der Waals surface area contributed by atoms with E-state index >= 15 is 0 Å². The number of carbonyl (C=O) groups excluding carboxylic acids is 1. The number of rotatable bonds is 6. The van der Waals surface area contributed by atoms with Crippen LogP contribution in [0.15, 0.2) is 77.7 Å². The molecule has 1 amide bonds. The minimum Gasteiger partial charge on any atom is -0.372 e. The predicted octanol–water partition coefficient (Wildman–Crippen LogP) is 5.38. The highest BCUT2D eigenvalue weighted by Gasteiger charge is 2.18. The predicted molar refractivity (Wildman–Crippen MR) is 129 cm³/mol. The third-order valence-corrected chi connectivity index (χ3v) is 7.06. The van der Waals surface area contributed by atoms with Crippen LogP contribution in [-0.4, -0.2) is 27.4 Å². The van der Waals surface area contributed by atoms with Gasteiger partial charge in [-0.05, 0) is 73.9 Å². The highest BCUT2D eigenvalue weighted by atomic mass is 35.5. The molecular formula is C24H24ClN3O3S. The molecule has 0 unspecified atom stereocenters. The van der Waals surface area contributed by atoms with E-state index in [0.29, 0.717) is 5.69 Å². The number of amides is 1. The van der Waals surface area contributed by atoms with Crippen LogP contribution in [0.5, 0.6) is 0 Å². The van der Waals surface area contributed by atoms with Gasteiger partial charge >= 0.3 is 0 Å². The van der Waals surface area contributed by atoms with E-state index in [0.717, 1.165) is 18.8 Å². The summed E-state index contributed by atoms with van der Waals surface area (Å²) >= 11 is 6.06. The maximum absolute atomic E-state index is 12.8. The van der Waals surface area contributed by atoms with Gasteiger partial charge in [0, 0.05) is 30.0 Å². The van der Waals surface area contributed by atoms with Crippen molar-refractivity contribution in [2.24, 2.45) is 0 Å². The third-order valence-electron chi connectivity index (χ3n) is 5.37. The number of carbonyl (C=O) groups is 1. The van der Waals surface area contributed by atoms with Crippen molar-refractivity contribution in [1.29, 1.82) is 0 Å². The van der Waals surface area contributed by atoms with E-state index < -0.39 is 10.0 Å². The smallest absolute Gasteiger partial charge is 0.261 e. The van der Waals surface area contributed by atoms with Crippen molar-refractivity contribution in [2.45, 2.75) is 24.2 Å². The highest BCUT2D eigenvalue weighted by Crippen LogP contribution is 2.25. The molecule has 1 aliphatic heterocycles. The maximum atomic E-state index is 12.8. The largest absolute Gasteiger partial charge is 0.372 e. The first kappa shape index (κ1) is 22.2. The van der Waals surface area contributed by atoms with Crippen LogP contribution in [0.2, 0.25) is 5.02 Å². The van der Waals surface area contributed by atoms with Crippen molar-refractivity contribution < 1.29 is 13.2 Å². The SMILES string of the molecule is O=C(Nc1ccc(N2CCCCC2)cc1)c1cccc(S(=O)(=O)Nc2ccccc2Cl)c1. The standard InChI is InChI=1S/C24H24ClN3O3S/c25-22-9-2-3-10-23(22)27-32(30,31)21-8-6-7-18(17-21)24(29)26-19-11-13-20(14-12-19)28-15-4-1-5-16-28/h2-3,6-14,17,27H,1,4-5,15-16H2,(H,26,29). The number of nitrogens with one attached hydrogen (secondary N) is 2. The molecule has 3 aromatic rings. The normalized spacial score (nSPS) is 14.1. The molecule has 8 heteroatoms. The van der Waals surface area contributed by atoms with Crippen LogP contribution >= 0.6 is 11.6 Å². The van der Waals surface area contributed by atoms with E-state index in [1.165, 1.54) is 37.5 Å². The zero-order chi connectivity index (χ0) is 22.6. The van der Waals surface area contributed by atoms with Crippen LogP contribution < -0.4 is 14.9 Å². The van der Waals surface area contributed by atoms with Gasteiger partial charge in [0.1, 0.15) is 0 Å². The van der Waals surface area contributed by atoms with Crippen LogP contribution in [0.25, 0.3) is 0 Å². The lowest BCUT2D eigenvalue weighted by Gasteiger charge is -2.28. The fourth-order valence-electron chi connectivity index (χ4n) is 3.66. The number of anilines is 3. The molecule has 32 heavy (non-hydrogen) atoms. The van der Waals surface area contributed by atoms with Crippen molar-refractivity contribution in [3.63, 3.8) is 0 Å². The Labute approximate surface area is 193 Å². The van der Waals surface area contributed by atoms with E-state index in [4.69, 9.17) is 11.6 Å². The number of para-hydroxylation sites is 1. The summed E-state index contributed by atoms with van der Waals surface area (Å²) < 4.78 is 28.0. The molecule has 0 radical (unpaired) electrons. The van der Waals surface area contributed by atoms with Crippen molar-refractivity contribution in [2.75, 3.05) is 28.0 Å². The summed E-state index contributed by atoms with van der Waals surface area (Å²) in [4.78, 5) is 15.1. The lowest BCUT2D eigenvalue weighted by atomic mass is 10.1. The zero-order valence-electron chi connectivity index (χ0n) is 17.4. The van der Waals surface area contributed by atoms with E-state index in [1.54, 1.807) is 30.3 Å². The number of halogens is 1. The molecule has 0 aliphatic carbocycles. The molecular weight excluding hydrogens is 446 g/mol. The fraction of sp³-hybridized carbons (Fsp3) is 0.208. The maximum Gasteiger partial charge on any atom is 0.261 e. The summed E-state index contributed by atoms with van der Waals surface area (Å²) in [5.41, 5.74) is 2.31. The molecule has 0 saturated carbocycles. The van der Waals surface area contributed by atoms with Crippen LogP contribution in [0.4, 0.5) is 17.1 Å². The first-order valence-corrected chi connectivity index (χ1v) is 12.3. The first-order chi connectivity index (χ1) is 15.4. The Morgan fingerprint density at radius 1 is 0.875 bits per heavy atom. The van der Waals surface area contributed by atoms with Gasteiger partial charge in [0.25, 0.3) is 15.9 Å². The zero-order valence-corrected chi connectivity index (χ0v) is 19.0. The minimum absolute atomic E-state index is 0.0227. The lowest BCUT2D eigenvalue weighted by molar-refractivity contribution is 0.102. The lowest BCUT2D eigenvalue weighted by Crippen LogP contribution is -2.29. The summed E-state index contributed by atoms with van der Waals surface area (Å²) in [5, 5.41) is 3.12. The Bertz CT molecular complexity index is 1210. The van der Waals surface area contributed by atoms with Gasteiger partial charge in [-0.1, -0.05) is 29.8 Å². The Hall–Kier alpha value is -3.03. The number of sulfonamides is 1. The monoisotopic (exact) mass is 469 g/mol. The molecule has 0 bridgehead atoms. The van der Waals surface area contributed by atoms with Gasteiger partial charge in [0.05, 0.1) is 15.6 Å². The average molecular weight is 470 g/mol. The number of benzene rings is 3. The van der Waals surface area contributed by atoms with Gasteiger partial charge in [0.15, 0.2) is 0 Å². The molecule has 0 atom stereocenters. The Kier molecular flexibility index (Phi) is 6.67. The molecule has 1 aliphatic rings. The van der Waals surface area contributed by atoms with Crippen molar-refractivity contribution in [3.05, 3.63) is 83.4 Å². The molecule has 1 saturated heterocycles. The van der Waals surface area contributed by atoms with Gasteiger partial charge in [-0.3, -0.25) is 9.52 Å². The molecule has 166 valence electrons. The molecule has 6 nitrogen and oxygen atoms in total. The minimum atomic E-state index is -3.90. The quantitative estimate of drug-likeness (QED) is 0.507. The second-order valence-electron chi connectivity index (χ2n) is 7.66. The van der Waals surface area contributed by atoms with Crippen LogP contribution in [0, 0.1) is 0 Å². The molecule has 0 aromatic heterocycles. The van der Waals surface area contributed by atoms with E-state index in [9.17, 15) is 13.2 Å². The van der Waals surface area contributed by atoms with Crippen molar-refractivity contribution >= 4 is 44.6 Å². The molecule has 0 spiro atoms. The number of piperidine rings is 1. The molecule has 1 heterocycles. The average Bonchev–Trinajstić information content (AvgIpc) is 2.82. The number of hydrogen-bond donors (Lipinski definition) is 2. The number of nitrogens with zero attached hydrogens (tertiary/aromatic N) is 1. The van der Waals surface area contributed by atoms with Crippen LogP contribution in [0.1, 0.15) is 29.6 Å². The fourth-order valence-corrected chi connectivity index (χ4v) is 5.03. The van der Waals surface area contributed by atoms with Crippen LogP contribution in [-0.2, 0) is 10.0 Å². The van der Waals surface area contributed by atoms with Gasteiger partial charge in [-0.2, -0.15) is 0 Å². The van der Waals surface area contributed by atoms with Gasteiger partial charge in [-0.25, -0.2) is 8.42 Å². The first-order valence-electron chi connectivity index (χ1n) is 10.5. The van der Waals surface area contributed by atoms with E-state index in [-0.39, 0.29) is 27.1 Å². The van der Waals surface area contributed by atoms with Gasteiger partial charge in [0.2, 0.25) is 0 Å². The number of hydrogen-bond acceptors (Lipinski definition) is 4. The Morgan fingerprint density at radius 3 is 2.31 bits per heavy atom. The second kappa shape index (κ2) is 9.63. The molecule has 4 rings (SSSR count). The van der Waals surface area contributed by atoms with Gasteiger partial charge < -0.3 is 10.2 Å². The second-order valence-corrected chi connectivity index (χ2v) is 9.75. The Balaban J connectivity index is 1.47. The van der Waals surface area contributed by atoms with Gasteiger partial charge in [-0.15, -0.1) is 0 Å². The Morgan fingerprint density at radius 2 is 1.59 bits per heavy atom. The summed E-state index contributed by atoms with van der Waals surface area (Å²) in [5.74, 6) is -0.384. The molecule has 1 fully saturated rings. The summed E-state index contributed by atoms with van der Waals surface area (Å²) in [6.07, 6.45) is 3.67. The summed E-state index contributed by atoms with van der Waals surface area (Å²) in [6, 6.07) is 20.2. The van der Waals surface area contributed by atoms with E-state index in [2.05, 4.69) is 14.9 Å². The van der Waals surface area contributed by atoms with Crippen molar-refractivity contribution in [3.8, 4) is 0 Å². The topological polar surface area (TPSA) is 78.5 Å². The summed E-state index contributed by atoms with van der Waals surface area (Å²) in [6.45, 7) is 2.10. The van der Waals surface area contributed by atoms with E-state index in [1.807, 2.05) is 24.3 Å². The summed E-state index contributed by atoms with van der Waals surface area (Å²) in [7, 11) is -3.90. The van der Waals surface area contributed by atoms with Crippen molar-refractivity contribution in [1.82, 2.24) is 0 Å².